The molecule has 0 aliphatic carbocycles. The first kappa shape index (κ1) is 23.1. The van der Waals surface area contributed by atoms with Crippen molar-refractivity contribution in [1.82, 2.24) is 24.5 Å². The zero-order valence-electron chi connectivity index (χ0n) is 20.1. The van der Waals surface area contributed by atoms with Crippen LogP contribution < -0.4 is 0 Å². The monoisotopic (exact) mass is 469 g/mol. The lowest BCUT2D eigenvalue weighted by molar-refractivity contribution is 0.0625. The van der Waals surface area contributed by atoms with Crippen LogP contribution in [0.1, 0.15) is 33.9 Å². The van der Waals surface area contributed by atoms with E-state index in [0.717, 1.165) is 56.8 Å². The molecule has 7 nitrogen and oxygen atoms in total. The Hall–Kier alpha value is -3.71. The highest BCUT2D eigenvalue weighted by molar-refractivity contribution is 5.92. The fraction of sp³-hybridized carbons (Fsp3) is 0.321. The molecule has 5 rings (SSSR count). The van der Waals surface area contributed by atoms with Crippen molar-refractivity contribution in [1.29, 1.82) is 0 Å². The summed E-state index contributed by atoms with van der Waals surface area (Å²) < 4.78 is 7.49. The Balaban J connectivity index is 1.08. The Kier molecular flexibility index (Phi) is 7.04. The molecule has 0 bridgehead atoms. The van der Waals surface area contributed by atoms with Gasteiger partial charge in [-0.3, -0.25) is 9.69 Å². The van der Waals surface area contributed by atoms with Gasteiger partial charge in [0.2, 0.25) is 11.7 Å². The van der Waals surface area contributed by atoms with E-state index in [2.05, 4.69) is 46.2 Å². The third-order valence-electron chi connectivity index (χ3n) is 6.55. The number of aryl methyl sites for hydroxylation is 2. The number of amides is 1. The summed E-state index contributed by atoms with van der Waals surface area (Å²) in [6, 6.07) is 22.3. The van der Waals surface area contributed by atoms with E-state index in [1.165, 1.54) is 11.1 Å². The number of hydrogen-bond acceptors (Lipinski definition) is 5. The predicted octanol–water partition coefficient (Wildman–Crippen LogP) is 4.29. The number of benzene rings is 2. The summed E-state index contributed by atoms with van der Waals surface area (Å²) in [5.41, 5.74) is 4.12. The van der Waals surface area contributed by atoms with Gasteiger partial charge in [-0.2, -0.15) is 4.98 Å². The van der Waals surface area contributed by atoms with Gasteiger partial charge in [-0.1, -0.05) is 65.3 Å². The van der Waals surface area contributed by atoms with Crippen molar-refractivity contribution < 1.29 is 9.32 Å². The normalized spacial score (nSPS) is 14.4. The average Bonchev–Trinajstić information content (AvgIpc) is 3.55. The first-order valence-electron chi connectivity index (χ1n) is 12.3. The van der Waals surface area contributed by atoms with Crippen molar-refractivity contribution in [3.63, 3.8) is 0 Å². The molecule has 0 radical (unpaired) electrons. The van der Waals surface area contributed by atoms with E-state index >= 15 is 0 Å². The van der Waals surface area contributed by atoms with E-state index < -0.39 is 0 Å². The van der Waals surface area contributed by atoms with Crippen LogP contribution in [0.4, 0.5) is 0 Å². The molecular weight excluding hydrogens is 438 g/mol. The summed E-state index contributed by atoms with van der Waals surface area (Å²) in [6.07, 6.45) is 3.69. The van der Waals surface area contributed by atoms with Crippen molar-refractivity contribution in [2.24, 2.45) is 0 Å². The molecule has 3 heterocycles. The van der Waals surface area contributed by atoms with Gasteiger partial charge in [0.15, 0.2) is 0 Å². The molecule has 0 atom stereocenters. The van der Waals surface area contributed by atoms with Gasteiger partial charge >= 0.3 is 0 Å². The summed E-state index contributed by atoms with van der Waals surface area (Å²) in [5, 5.41) is 4.12. The van der Waals surface area contributed by atoms with Gasteiger partial charge in [0.05, 0.1) is 0 Å². The van der Waals surface area contributed by atoms with Crippen LogP contribution in [0.2, 0.25) is 0 Å². The van der Waals surface area contributed by atoms with Crippen LogP contribution in [0.3, 0.4) is 0 Å². The van der Waals surface area contributed by atoms with Crippen molar-refractivity contribution in [2.75, 3.05) is 32.7 Å². The molecule has 2 aromatic heterocycles. The maximum atomic E-state index is 13.2. The van der Waals surface area contributed by atoms with E-state index in [0.29, 0.717) is 18.3 Å². The fourth-order valence-electron chi connectivity index (χ4n) is 4.49. The van der Waals surface area contributed by atoms with Crippen LogP contribution in [-0.4, -0.2) is 63.1 Å². The van der Waals surface area contributed by atoms with E-state index in [9.17, 15) is 4.79 Å². The number of carbonyl (C=O) groups excluding carboxylic acids is 1. The number of nitrogens with zero attached hydrogens (tertiary/aromatic N) is 5. The molecular formula is C28H31N5O2. The Bertz CT molecular complexity index is 1240. The highest BCUT2D eigenvalue weighted by Gasteiger charge is 2.24. The first-order valence-corrected chi connectivity index (χ1v) is 12.3. The molecule has 7 heteroatoms. The molecule has 1 aliphatic rings. The first-order chi connectivity index (χ1) is 17.2. The Morgan fingerprint density at radius 1 is 0.943 bits per heavy atom. The number of rotatable bonds is 8. The molecule has 1 saturated heterocycles. The van der Waals surface area contributed by atoms with Gasteiger partial charge in [0.25, 0.3) is 5.91 Å². The topological polar surface area (TPSA) is 67.4 Å². The van der Waals surface area contributed by atoms with E-state index in [1.54, 1.807) is 0 Å². The molecule has 1 amide bonds. The summed E-state index contributed by atoms with van der Waals surface area (Å²) in [7, 11) is 0. The lowest BCUT2D eigenvalue weighted by atomic mass is 10.1. The van der Waals surface area contributed by atoms with Gasteiger partial charge < -0.3 is 14.0 Å². The maximum Gasteiger partial charge on any atom is 0.270 e. The molecule has 0 saturated carbocycles. The lowest BCUT2D eigenvalue weighted by Gasteiger charge is -2.34. The number of aromatic nitrogens is 3. The Morgan fingerprint density at radius 2 is 1.71 bits per heavy atom. The van der Waals surface area contributed by atoms with Crippen LogP contribution in [0, 0.1) is 6.92 Å². The predicted molar refractivity (Wildman–Crippen MR) is 135 cm³/mol. The van der Waals surface area contributed by atoms with Crippen LogP contribution in [-0.2, 0) is 13.0 Å². The maximum absolute atomic E-state index is 13.2. The summed E-state index contributed by atoms with van der Waals surface area (Å²) in [6.45, 7) is 6.96. The number of hydrogen-bond donors (Lipinski definition) is 0. The minimum absolute atomic E-state index is 0.111. The second kappa shape index (κ2) is 10.7. The Morgan fingerprint density at radius 3 is 2.49 bits per heavy atom. The molecule has 1 fully saturated rings. The highest BCUT2D eigenvalue weighted by Crippen LogP contribution is 2.17. The third kappa shape index (κ3) is 5.69. The standard InChI is InChI=1S/C28H31N5O2/c1-22-11-13-24(14-12-22)27-29-26(35-30-27)10-6-15-31-17-19-32(20-18-31)28(34)25-9-5-16-33(25)21-23-7-3-2-4-8-23/h2-5,7-9,11-14,16H,6,10,15,17-21H2,1H3. The number of carbonyl (C=O) groups is 1. The molecule has 1 aliphatic heterocycles. The molecule has 2 aromatic carbocycles. The highest BCUT2D eigenvalue weighted by atomic mass is 16.5. The van der Waals surface area contributed by atoms with Crippen molar-refractivity contribution >= 4 is 5.91 Å². The molecule has 0 N–H and O–H groups in total. The van der Waals surface area contributed by atoms with Crippen LogP contribution in [0.25, 0.3) is 11.4 Å². The van der Waals surface area contributed by atoms with Gasteiger partial charge in [0.1, 0.15) is 5.69 Å². The molecule has 180 valence electrons. The SMILES string of the molecule is Cc1ccc(-c2noc(CCCN3CCN(C(=O)c4cccn4Cc4ccccc4)CC3)n2)cc1. The molecule has 35 heavy (non-hydrogen) atoms. The smallest absolute Gasteiger partial charge is 0.270 e. The quantitative estimate of drug-likeness (QED) is 0.385. The zero-order chi connectivity index (χ0) is 24.0. The summed E-state index contributed by atoms with van der Waals surface area (Å²) in [5.74, 6) is 1.43. The van der Waals surface area contributed by atoms with E-state index in [-0.39, 0.29) is 5.91 Å². The van der Waals surface area contributed by atoms with Gasteiger partial charge in [-0.15, -0.1) is 0 Å². The summed E-state index contributed by atoms with van der Waals surface area (Å²) >= 11 is 0. The summed E-state index contributed by atoms with van der Waals surface area (Å²) in [4.78, 5) is 22.1. The second-order valence-corrected chi connectivity index (χ2v) is 9.12. The average molecular weight is 470 g/mol. The van der Waals surface area contributed by atoms with Crippen LogP contribution in [0.15, 0.2) is 77.4 Å². The van der Waals surface area contributed by atoms with Gasteiger partial charge in [0, 0.05) is 50.9 Å². The zero-order valence-corrected chi connectivity index (χ0v) is 20.1. The minimum Gasteiger partial charge on any atom is -0.339 e. The lowest BCUT2D eigenvalue weighted by Crippen LogP contribution is -2.49. The molecule has 0 unspecified atom stereocenters. The van der Waals surface area contributed by atoms with E-state index in [1.807, 2.05) is 58.1 Å². The Labute approximate surface area is 206 Å². The largest absolute Gasteiger partial charge is 0.339 e. The number of piperazine rings is 1. The van der Waals surface area contributed by atoms with Gasteiger partial charge in [-0.05, 0) is 37.6 Å². The van der Waals surface area contributed by atoms with E-state index in [4.69, 9.17) is 4.52 Å². The van der Waals surface area contributed by atoms with Gasteiger partial charge in [-0.25, -0.2) is 0 Å². The third-order valence-corrected chi connectivity index (χ3v) is 6.55. The van der Waals surface area contributed by atoms with Crippen LogP contribution in [0.5, 0.6) is 0 Å². The second-order valence-electron chi connectivity index (χ2n) is 9.12. The minimum atomic E-state index is 0.111. The van der Waals surface area contributed by atoms with Crippen molar-refractivity contribution in [3.8, 4) is 11.4 Å². The van der Waals surface area contributed by atoms with Crippen molar-refractivity contribution in [2.45, 2.75) is 26.3 Å². The molecule has 4 aromatic rings. The fourth-order valence-corrected chi connectivity index (χ4v) is 4.49. The van der Waals surface area contributed by atoms with Crippen LogP contribution >= 0.6 is 0 Å². The molecule has 0 spiro atoms. The van der Waals surface area contributed by atoms with Crippen molar-refractivity contribution in [3.05, 3.63) is 95.6 Å².